The molecule has 0 saturated carbocycles. The van der Waals surface area contributed by atoms with E-state index in [9.17, 15) is 9.59 Å². The van der Waals surface area contributed by atoms with Gasteiger partial charge in [-0.25, -0.2) is 0 Å². The number of fused-ring (bicyclic) bond motifs is 1. The van der Waals surface area contributed by atoms with Crippen LogP contribution in [0, 0.1) is 0 Å². The maximum atomic E-state index is 12.7. The van der Waals surface area contributed by atoms with Crippen LogP contribution >= 0.6 is 0 Å². The summed E-state index contributed by atoms with van der Waals surface area (Å²) in [4.78, 5) is 33.1. The molecule has 0 N–H and O–H groups in total. The van der Waals surface area contributed by atoms with E-state index in [1.165, 1.54) is 0 Å². The highest BCUT2D eigenvalue weighted by Gasteiger charge is 2.20. The van der Waals surface area contributed by atoms with Gasteiger partial charge in [0, 0.05) is 49.8 Å². The van der Waals surface area contributed by atoms with Gasteiger partial charge in [-0.2, -0.15) is 4.98 Å². The fourth-order valence-electron chi connectivity index (χ4n) is 3.80. The number of hydrogen-bond acceptors (Lipinski definition) is 8. The molecule has 1 saturated heterocycles. The van der Waals surface area contributed by atoms with Gasteiger partial charge in [0.1, 0.15) is 0 Å². The molecular formula is C24H24N4O6. The van der Waals surface area contributed by atoms with Crippen molar-refractivity contribution in [2.75, 3.05) is 46.7 Å². The Bertz CT molecular complexity index is 1190. The minimum absolute atomic E-state index is 0.0174. The molecule has 3 heterocycles. The number of rotatable bonds is 6. The second-order valence-electron chi connectivity index (χ2n) is 8.04. The average Bonchev–Trinajstić information content (AvgIpc) is 3.56. The molecule has 0 unspecified atom stereocenters. The lowest BCUT2D eigenvalue weighted by Crippen LogP contribution is -2.40. The number of amides is 2. The summed E-state index contributed by atoms with van der Waals surface area (Å²) in [6.45, 7) is 2.89. The normalized spacial score (nSPS) is 14.8. The molecule has 2 aromatic carbocycles. The molecule has 0 spiro atoms. The fourth-order valence-corrected chi connectivity index (χ4v) is 3.80. The van der Waals surface area contributed by atoms with Gasteiger partial charge in [-0.1, -0.05) is 5.16 Å². The van der Waals surface area contributed by atoms with Crippen molar-refractivity contribution in [3.63, 3.8) is 0 Å². The molecule has 10 nitrogen and oxygen atoms in total. The largest absolute Gasteiger partial charge is 0.454 e. The van der Waals surface area contributed by atoms with Gasteiger partial charge in [0.15, 0.2) is 17.3 Å². The number of nitrogens with zero attached hydrogens (tertiary/aromatic N) is 4. The van der Waals surface area contributed by atoms with E-state index in [0.29, 0.717) is 73.6 Å². The van der Waals surface area contributed by atoms with Gasteiger partial charge in [-0.05, 0) is 42.5 Å². The van der Waals surface area contributed by atoms with Crippen LogP contribution in [-0.4, -0.2) is 78.4 Å². The molecule has 3 aromatic rings. The lowest BCUT2D eigenvalue weighted by Gasteiger charge is -2.26. The van der Waals surface area contributed by atoms with Crippen molar-refractivity contribution in [3.8, 4) is 23.0 Å². The Labute approximate surface area is 196 Å². The summed E-state index contributed by atoms with van der Waals surface area (Å²) >= 11 is 0. The second kappa shape index (κ2) is 9.52. The fraction of sp³-hybridized carbons (Fsp3) is 0.333. The van der Waals surface area contributed by atoms with Gasteiger partial charge in [-0.3, -0.25) is 9.59 Å². The number of carbonyl (C=O) groups is 2. The van der Waals surface area contributed by atoms with Gasteiger partial charge in [0.05, 0.1) is 13.2 Å². The van der Waals surface area contributed by atoms with Gasteiger partial charge in [0.25, 0.3) is 17.7 Å². The lowest BCUT2D eigenvalue weighted by molar-refractivity contribution is 0.0303. The molecule has 1 fully saturated rings. The molecule has 176 valence electrons. The summed E-state index contributed by atoms with van der Waals surface area (Å²) < 4.78 is 21.3. The van der Waals surface area contributed by atoms with Crippen LogP contribution in [-0.2, 0) is 11.2 Å². The van der Waals surface area contributed by atoms with Crippen molar-refractivity contribution < 1.29 is 28.3 Å². The first-order chi connectivity index (χ1) is 16.6. The molecule has 34 heavy (non-hydrogen) atoms. The quantitative estimate of drug-likeness (QED) is 0.547. The molecule has 2 amide bonds. The maximum absolute atomic E-state index is 12.7. The van der Waals surface area contributed by atoms with E-state index in [2.05, 4.69) is 10.1 Å². The second-order valence-corrected chi connectivity index (χ2v) is 8.04. The van der Waals surface area contributed by atoms with Crippen molar-refractivity contribution in [1.29, 1.82) is 0 Å². The summed E-state index contributed by atoms with van der Waals surface area (Å²) in [6.07, 6.45) is 0.434. The number of hydrogen-bond donors (Lipinski definition) is 0. The van der Waals surface area contributed by atoms with Gasteiger partial charge >= 0.3 is 0 Å². The number of aromatic nitrogens is 2. The third-order valence-electron chi connectivity index (χ3n) is 5.78. The molecule has 0 bridgehead atoms. The monoisotopic (exact) mass is 464 g/mol. The van der Waals surface area contributed by atoms with Crippen LogP contribution < -0.4 is 9.47 Å². The van der Waals surface area contributed by atoms with E-state index >= 15 is 0 Å². The smallest absolute Gasteiger partial charge is 0.257 e. The Morgan fingerprint density at radius 1 is 1.00 bits per heavy atom. The Hall–Kier alpha value is -3.92. The molecule has 2 aliphatic rings. The number of morpholine rings is 1. The van der Waals surface area contributed by atoms with Crippen molar-refractivity contribution in [2.45, 2.75) is 6.42 Å². The van der Waals surface area contributed by atoms with Crippen LogP contribution in [0.2, 0.25) is 0 Å². The molecule has 2 aliphatic heterocycles. The number of benzene rings is 2. The molecule has 1 aromatic heterocycles. The van der Waals surface area contributed by atoms with Gasteiger partial charge in [-0.15, -0.1) is 0 Å². The molecule has 5 rings (SSSR count). The minimum atomic E-state index is -0.137. The summed E-state index contributed by atoms with van der Waals surface area (Å²) in [6, 6.07) is 12.2. The van der Waals surface area contributed by atoms with Crippen molar-refractivity contribution in [1.82, 2.24) is 19.9 Å². The standard InChI is InChI=1S/C24H24N4O6/c1-27(23(29)18-6-7-19-20(14-18)33-15-32-19)9-8-21-25-22(34-26-21)16-2-4-17(5-3-16)24(30)28-10-12-31-13-11-28/h2-7,14H,8-13,15H2,1H3. The first kappa shape index (κ1) is 21.9. The minimum Gasteiger partial charge on any atom is -0.454 e. The first-order valence-electron chi connectivity index (χ1n) is 11.0. The topological polar surface area (TPSA) is 107 Å². The van der Waals surface area contributed by atoms with Crippen molar-refractivity contribution in [3.05, 3.63) is 59.4 Å². The van der Waals surface area contributed by atoms with E-state index < -0.39 is 0 Å². The van der Waals surface area contributed by atoms with Crippen molar-refractivity contribution in [2.24, 2.45) is 0 Å². The van der Waals surface area contributed by atoms with Crippen LogP contribution in [0.3, 0.4) is 0 Å². The predicted molar refractivity (Wildman–Crippen MR) is 120 cm³/mol. The lowest BCUT2D eigenvalue weighted by atomic mass is 10.1. The van der Waals surface area contributed by atoms with Crippen LogP contribution in [0.25, 0.3) is 11.5 Å². The zero-order chi connectivity index (χ0) is 23.5. The first-order valence-corrected chi connectivity index (χ1v) is 11.0. The number of carbonyl (C=O) groups excluding carboxylic acids is 2. The van der Waals surface area contributed by atoms with Crippen LogP contribution in [0.1, 0.15) is 26.5 Å². The summed E-state index contributed by atoms with van der Waals surface area (Å²) in [5, 5.41) is 4.03. The number of ether oxygens (including phenoxy) is 3. The third-order valence-corrected chi connectivity index (χ3v) is 5.78. The number of likely N-dealkylation sites (N-methyl/N-ethyl adjacent to an activating group) is 1. The Balaban J connectivity index is 1.18. The Morgan fingerprint density at radius 3 is 2.53 bits per heavy atom. The highest BCUT2D eigenvalue weighted by molar-refractivity contribution is 5.95. The predicted octanol–water partition coefficient (Wildman–Crippen LogP) is 2.25. The summed E-state index contributed by atoms with van der Waals surface area (Å²) in [5.41, 5.74) is 1.85. The summed E-state index contributed by atoms with van der Waals surface area (Å²) in [5.74, 6) is 1.91. The van der Waals surface area contributed by atoms with E-state index in [1.54, 1.807) is 59.3 Å². The van der Waals surface area contributed by atoms with E-state index in [4.69, 9.17) is 18.7 Å². The van der Waals surface area contributed by atoms with E-state index in [-0.39, 0.29) is 18.6 Å². The van der Waals surface area contributed by atoms with E-state index in [0.717, 1.165) is 5.56 Å². The summed E-state index contributed by atoms with van der Waals surface area (Å²) in [7, 11) is 1.72. The Morgan fingerprint density at radius 2 is 1.74 bits per heavy atom. The molecule has 0 atom stereocenters. The van der Waals surface area contributed by atoms with Crippen LogP contribution in [0.4, 0.5) is 0 Å². The molecular weight excluding hydrogens is 440 g/mol. The molecule has 10 heteroatoms. The van der Waals surface area contributed by atoms with E-state index in [1.807, 2.05) is 0 Å². The zero-order valence-corrected chi connectivity index (χ0v) is 18.7. The van der Waals surface area contributed by atoms with Gasteiger partial charge in [0.2, 0.25) is 6.79 Å². The van der Waals surface area contributed by atoms with Gasteiger partial charge < -0.3 is 28.5 Å². The highest BCUT2D eigenvalue weighted by atomic mass is 16.7. The zero-order valence-electron chi connectivity index (χ0n) is 18.7. The molecule has 0 aliphatic carbocycles. The van der Waals surface area contributed by atoms with Crippen molar-refractivity contribution >= 4 is 11.8 Å². The SMILES string of the molecule is CN(CCc1noc(-c2ccc(C(=O)N3CCOCC3)cc2)n1)C(=O)c1ccc2c(c1)OCO2. The highest BCUT2D eigenvalue weighted by Crippen LogP contribution is 2.32. The molecule has 0 radical (unpaired) electrons. The van der Waals surface area contributed by atoms with Crippen LogP contribution in [0.5, 0.6) is 11.5 Å². The maximum Gasteiger partial charge on any atom is 0.257 e. The van der Waals surface area contributed by atoms with Crippen LogP contribution in [0.15, 0.2) is 47.0 Å². The average molecular weight is 464 g/mol. The third kappa shape index (κ3) is 4.58. The Kier molecular flexibility index (Phi) is 6.13.